The largest absolute Gasteiger partial charge is 0.483 e. The second-order valence-corrected chi connectivity index (χ2v) is 5.68. The normalized spacial score (nSPS) is 10.5. The van der Waals surface area contributed by atoms with Crippen molar-refractivity contribution in [1.82, 2.24) is 5.32 Å². The molecule has 0 unspecified atom stereocenters. The van der Waals surface area contributed by atoms with Crippen molar-refractivity contribution in [2.75, 3.05) is 13.2 Å². The molecule has 1 N–H and O–H groups in total. The first-order chi connectivity index (χ1) is 9.90. The molecule has 1 rings (SSSR count). The molecule has 0 fully saturated rings. The summed E-state index contributed by atoms with van der Waals surface area (Å²) in [5.74, 6) is 0.858. The molecule has 0 aliphatic heterocycles. The molecule has 1 aromatic carbocycles. The molecule has 0 spiro atoms. The van der Waals surface area contributed by atoms with Crippen molar-refractivity contribution in [3.63, 3.8) is 0 Å². The monoisotopic (exact) mass is 292 g/mol. The summed E-state index contributed by atoms with van der Waals surface area (Å²) in [4.78, 5) is 10.7. The van der Waals surface area contributed by atoms with Gasteiger partial charge in [-0.3, -0.25) is 10.1 Å². The molecule has 21 heavy (non-hydrogen) atoms. The number of benzene rings is 1. The third-order valence-electron chi connectivity index (χ3n) is 2.83. The van der Waals surface area contributed by atoms with Crippen LogP contribution in [0.1, 0.15) is 33.3 Å². The highest BCUT2D eigenvalue weighted by molar-refractivity contribution is 5.48. The van der Waals surface area contributed by atoms with E-state index in [1.165, 1.54) is 0 Å². The summed E-state index contributed by atoms with van der Waals surface area (Å²) in [6.07, 6.45) is 1.89. The van der Waals surface area contributed by atoms with Gasteiger partial charge in [0.15, 0.2) is 5.75 Å². The average Bonchev–Trinajstić information content (AvgIpc) is 2.39. The summed E-state index contributed by atoms with van der Waals surface area (Å²) in [5.41, 5.74) is 2.02. The third kappa shape index (κ3) is 6.40. The van der Waals surface area contributed by atoms with E-state index >= 15 is 0 Å². The van der Waals surface area contributed by atoms with E-state index in [0.29, 0.717) is 24.8 Å². The number of rotatable bonds is 8. The van der Waals surface area contributed by atoms with Gasteiger partial charge >= 0.3 is 5.69 Å². The standard InChI is InChI=1S/C16H24N2O3/c1-12(2)7-8-21-16-6-5-14(9-15(16)18(19)20)11-17-10-13(3)4/h5-7,9,13,17H,8,10-11H2,1-4H3. The Labute approximate surface area is 126 Å². The zero-order chi connectivity index (χ0) is 15.8. The molecule has 0 saturated carbocycles. The van der Waals surface area contributed by atoms with Gasteiger partial charge in [-0.05, 0) is 44.0 Å². The fourth-order valence-electron chi connectivity index (χ4n) is 1.74. The van der Waals surface area contributed by atoms with Crippen molar-refractivity contribution >= 4 is 5.69 Å². The van der Waals surface area contributed by atoms with E-state index in [2.05, 4.69) is 19.2 Å². The third-order valence-corrected chi connectivity index (χ3v) is 2.83. The van der Waals surface area contributed by atoms with Gasteiger partial charge in [0.1, 0.15) is 6.61 Å². The van der Waals surface area contributed by atoms with Gasteiger partial charge in [-0.2, -0.15) is 0 Å². The number of nitro benzene ring substituents is 1. The smallest absolute Gasteiger partial charge is 0.311 e. The van der Waals surface area contributed by atoms with Crippen LogP contribution in [0.5, 0.6) is 5.75 Å². The summed E-state index contributed by atoms with van der Waals surface area (Å²) in [6, 6.07) is 5.10. The molecule has 0 aromatic heterocycles. The van der Waals surface area contributed by atoms with Crippen LogP contribution < -0.4 is 10.1 Å². The van der Waals surface area contributed by atoms with Gasteiger partial charge in [0.05, 0.1) is 4.92 Å². The summed E-state index contributed by atoms with van der Waals surface area (Å²) in [5, 5.41) is 14.4. The highest BCUT2D eigenvalue weighted by atomic mass is 16.6. The Hall–Kier alpha value is -1.88. The fourth-order valence-corrected chi connectivity index (χ4v) is 1.74. The van der Waals surface area contributed by atoms with Gasteiger partial charge < -0.3 is 10.1 Å². The quantitative estimate of drug-likeness (QED) is 0.451. The Morgan fingerprint density at radius 2 is 2.14 bits per heavy atom. The van der Waals surface area contributed by atoms with E-state index in [1.807, 2.05) is 26.0 Å². The lowest BCUT2D eigenvalue weighted by Gasteiger charge is -2.09. The van der Waals surface area contributed by atoms with Crippen molar-refractivity contribution in [3.05, 3.63) is 45.5 Å². The predicted octanol–water partition coefficient (Wildman–Crippen LogP) is 3.69. The first-order valence-electron chi connectivity index (χ1n) is 7.14. The first-order valence-corrected chi connectivity index (χ1v) is 7.14. The zero-order valence-corrected chi connectivity index (χ0v) is 13.2. The Bertz CT molecular complexity index is 506. The lowest BCUT2D eigenvalue weighted by atomic mass is 10.1. The fraction of sp³-hybridized carbons (Fsp3) is 0.500. The van der Waals surface area contributed by atoms with Crippen molar-refractivity contribution < 1.29 is 9.66 Å². The molecule has 116 valence electrons. The molecule has 0 bridgehead atoms. The minimum atomic E-state index is -0.399. The summed E-state index contributed by atoms with van der Waals surface area (Å²) in [6.45, 7) is 10.0. The van der Waals surface area contributed by atoms with Gasteiger partial charge in [-0.15, -0.1) is 0 Å². The van der Waals surface area contributed by atoms with E-state index in [-0.39, 0.29) is 5.69 Å². The van der Waals surface area contributed by atoms with Crippen molar-refractivity contribution in [2.24, 2.45) is 5.92 Å². The van der Waals surface area contributed by atoms with Gasteiger partial charge in [0.2, 0.25) is 0 Å². The summed E-state index contributed by atoms with van der Waals surface area (Å²) < 4.78 is 5.47. The second kappa shape index (κ2) is 8.42. The molecular formula is C16H24N2O3. The van der Waals surface area contributed by atoms with E-state index in [4.69, 9.17) is 4.74 Å². The van der Waals surface area contributed by atoms with Crippen molar-refractivity contribution in [2.45, 2.75) is 34.2 Å². The van der Waals surface area contributed by atoms with Gasteiger partial charge in [-0.25, -0.2) is 0 Å². The second-order valence-electron chi connectivity index (χ2n) is 5.68. The molecule has 0 amide bonds. The number of ether oxygens (including phenoxy) is 1. The lowest BCUT2D eigenvalue weighted by Crippen LogP contribution is -2.19. The van der Waals surface area contributed by atoms with Gasteiger partial charge in [0, 0.05) is 12.6 Å². The number of nitrogens with one attached hydrogen (secondary N) is 1. The molecule has 5 nitrogen and oxygen atoms in total. The Morgan fingerprint density at radius 1 is 1.43 bits per heavy atom. The zero-order valence-electron chi connectivity index (χ0n) is 13.2. The molecule has 5 heteroatoms. The number of nitro groups is 1. The molecule has 0 saturated heterocycles. The van der Waals surface area contributed by atoms with Crippen molar-refractivity contribution in [3.8, 4) is 5.75 Å². The molecule has 0 aliphatic carbocycles. The van der Waals surface area contributed by atoms with Gasteiger partial charge in [0.25, 0.3) is 0 Å². The average molecular weight is 292 g/mol. The van der Waals surface area contributed by atoms with Gasteiger partial charge in [-0.1, -0.05) is 25.5 Å². The van der Waals surface area contributed by atoms with Crippen molar-refractivity contribution in [1.29, 1.82) is 0 Å². The molecule has 0 aliphatic rings. The molecular weight excluding hydrogens is 268 g/mol. The first kappa shape index (κ1) is 17.2. The van der Waals surface area contributed by atoms with Crippen LogP contribution in [0.2, 0.25) is 0 Å². The SMILES string of the molecule is CC(C)=CCOc1ccc(CNCC(C)C)cc1[N+](=O)[O-]. The predicted molar refractivity (Wildman–Crippen MR) is 84.6 cm³/mol. The highest BCUT2D eigenvalue weighted by Crippen LogP contribution is 2.28. The van der Waals surface area contributed by atoms with Crippen LogP contribution in [0, 0.1) is 16.0 Å². The topological polar surface area (TPSA) is 64.4 Å². The summed E-state index contributed by atoms with van der Waals surface area (Å²) >= 11 is 0. The maximum atomic E-state index is 11.1. The minimum absolute atomic E-state index is 0.0148. The molecule has 0 radical (unpaired) electrons. The number of hydrogen-bond donors (Lipinski definition) is 1. The Morgan fingerprint density at radius 3 is 2.71 bits per heavy atom. The van der Waals surface area contributed by atoms with Crippen LogP contribution in [0.3, 0.4) is 0 Å². The summed E-state index contributed by atoms with van der Waals surface area (Å²) in [7, 11) is 0. The van der Waals surface area contributed by atoms with Crippen LogP contribution in [-0.2, 0) is 6.54 Å². The van der Waals surface area contributed by atoms with E-state index in [9.17, 15) is 10.1 Å². The lowest BCUT2D eigenvalue weighted by molar-refractivity contribution is -0.385. The van der Waals surface area contributed by atoms with E-state index < -0.39 is 4.92 Å². The Balaban J connectivity index is 2.76. The molecule has 0 heterocycles. The van der Waals surface area contributed by atoms with Crippen LogP contribution in [0.25, 0.3) is 0 Å². The maximum Gasteiger partial charge on any atom is 0.311 e. The van der Waals surface area contributed by atoms with E-state index in [0.717, 1.165) is 17.7 Å². The van der Waals surface area contributed by atoms with E-state index in [1.54, 1.807) is 12.1 Å². The highest BCUT2D eigenvalue weighted by Gasteiger charge is 2.15. The van der Waals surface area contributed by atoms with Crippen LogP contribution in [0.4, 0.5) is 5.69 Å². The molecule has 1 aromatic rings. The van der Waals surface area contributed by atoms with Crippen LogP contribution in [-0.4, -0.2) is 18.1 Å². The minimum Gasteiger partial charge on any atom is -0.483 e. The van der Waals surface area contributed by atoms with Crippen LogP contribution in [0.15, 0.2) is 29.8 Å². The Kier molecular flexibility index (Phi) is 6.88. The number of nitrogens with zero attached hydrogens (tertiary/aromatic N) is 1. The maximum absolute atomic E-state index is 11.1. The number of hydrogen-bond acceptors (Lipinski definition) is 4. The molecule has 0 atom stereocenters. The number of allylic oxidation sites excluding steroid dienone is 1. The van der Waals surface area contributed by atoms with Crippen LogP contribution >= 0.6 is 0 Å².